The molecule has 1 saturated heterocycles. The number of rotatable bonds is 12. The Balaban J connectivity index is 1.63. The molecule has 1 aromatic rings. The van der Waals surface area contributed by atoms with Crippen molar-refractivity contribution in [3.05, 3.63) is 35.9 Å². The third-order valence-corrected chi connectivity index (χ3v) is 7.05. The molecule has 5 heteroatoms. The minimum Gasteiger partial charge on any atom is -0.391 e. The molecule has 1 saturated carbocycles. The van der Waals surface area contributed by atoms with Crippen LogP contribution in [0.25, 0.3) is 0 Å². The van der Waals surface area contributed by atoms with Gasteiger partial charge in [0.15, 0.2) is 5.78 Å². The van der Waals surface area contributed by atoms with Gasteiger partial charge in [-0.15, -0.1) is 0 Å². The van der Waals surface area contributed by atoms with Crippen molar-refractivity contribution in [2.45, 2.75) is 96.1 Å². The molecule has 0 spiro atoms. The molecule has 1 heterocycles. The van der Waals surface area contributed by atoms with Crippen molar-refractivity contribution < 1.29 is 14.7 Å². The smallest absolute Gasteiger partial charge is 0.248 e. The predicted molar refractivity (Wildman–Crippen MR) is 123 cm³/mol. The van der Waals surface area contributed by atoms with Crippen LogP contribution >= 0.6 is 0 Å². The first kappa shape index (κ1) is 23.9. The van der Waals surface area contributed by atoms with Gasteiger partial charge < -0.3 is 5.11 Å². The zero-order valence-corrected chi connectivity index (χ0v) is 19.1. The van der Waals surface area contributed by atoms with Gasteiger partial charge in [-0.05, 0) is 37.2 Å². The van der Waals surface area contributed by atoms with Crippen LogP contribution in [-0.4, -0.2) is 40.5 Å². The molecular formula is C26H40N2O3. The van der Waals surface area contributed by atoms with Crippen LogP contribution in [0.15, 0.2) is 30.3 Å². The van der Waals surface area contributed by atoms with Gasteiger partial charge >= 0.3 is 0 Å². The van der Waals surface area contributed by atoms with Crippen molar-refractivity contribution in [1.29, 1.82) is 0 Å². The molecule has 3 atom stereocenters. The molecule has 0 radical (unpaired) electrons. The summed E-state index contributed by atoms with van der Waals surface area (Å²) in [7, 11) is 0. The van der Waals surface area contributed by atoms with Crippen molar-refractivity contribution in [3.8, 4) is 0 Å². The Labute approximate surface area is 187 Å². The van der Waals surface area contributed by atoms with Crippen LogP contribution in [0, 0.1) is 11.8 Å². The molecular weight excluding hydrogens is 388 g/mol. The van der Waals surface area contributed by atoms with Gasteiger partial charge in [-0.25, -0.2) is 5.43 Å². The van der Waals surface area contributed by atoms with Gasteiger partial charge in [-0.2, -0.15) is 0 Å². The van der Waals surface area contributed by atoms with Crippen LogP contribution in [0.3, 0.4) is 0 Å². The Morgan fingerprint density at radius 2 is 1.74 bits per heavy atom. The van der Waals surface area contributed by atoms with Crippen LogP contribution < -0.4 is 5.43 Å². The maximum atomic E-state index is 13.2. The summed E-state index contributed by atoms with van der Waals surface area (Å²) >= 11 is 0. The molecule has 1 aliphatic heterocycles. The Kier molecular flexibility index (Phi) is 9.54. The number of carbonyl (C=O) groups excluding carboxylic acids is 2. The first-order valence-electron chi connectivity index (χ1n) is 12.4. The lowest BCUT2D eigenvalue weighted by molar-refractivity contribution is -0.135. The molecule has 2 fully saturated rings. The van der Waals surface area contributed by atoms with E-state index >= 15 is 0 Å². The van der Waals surface area contributed by atoms with E-state index in [4.69, 9.17) is 0 Å². The lowest BCUT2D eigenvalue weighted by Gasteiger charge is -2.30. The molecule has 0 bridgehead atoms. The van der Waals surface area contributed by atoms with Crippen LogP contribution in [0.2, 0.25) is 0 Å². The maximum absolute atomic E-state index is 13.2. The third-order valence-electron chi connectivity index (χ3n) is 7.05. The Bertz CT molecular complexity index is 687. The monoisotopic (exact) mass is 428 g/mol. The van der Waals surface area contributed by atoms with Gasteiger partial charge in [0.2, 0.25) is 5.91 Å². The van der Waals surface area contributed by atoms with Crippen molar-refractivity contribution in [2.24, 2.45) is 11.8 Å². The summed E-state index contributed by atoms with van der Waals surface area (Å²) in [6, 6.07) is 9.37. The summed E-state index contributed by atoms with van der Waals surface area (Å²) in [6.45, 7) is 2.53. The molecule has 3 rings (SSSR count). The van der Waals surface area contributed by atoms with Crippen LogP contribution in [0.4, 0.5) is 0 Å². The lowest BCUT2D eigenvalue weighted by Crippen LogP contribution is -2.50. The molecule has 1 aromatic carbocycles. The number of aliphatic hydroxyl groups is 1. The molecule has 1 amide bonds. The summed E-state index contributed by atoms with van der Waals surface area (Å²) < 4.78 is 0. The number of ketones is 1. The number of carbonyl (C=O) groups is 2. The summed E-state index contributed by atoms with van der Waals surface area (Å²) in [4.78, 5) is 26.4. The molecule has 172 valence electrons. The molecule has 1 aliphatic carbocycles. The fourth-order valence-electron chi connectivity index (χ4n) is 5.12. The topological polar surface area (TPSA) is 69.6 Å². The molecule has 3 unspecified atom stereocenters. The zero-order chi connectivity index (χ0) is 22.1. The minimum atomic E-state index is -0.623. The first-order chi connectivity index (χ1) is 15.1. The number of hydrogen-bond donors (Lipinski definition) is 2. The van der Waals surface area contributed by atoms with Gasteiger partial charge in [0, 0.05) is 6.54 Å². The van der Waals surface area contributed by atoms with Crippen LogP contribution in [-0.2, 0) is 16.0 Å². The number of benzene rings is 1. The zero-order valence-electron chi connectivity index (χ0n) is 19.1. The highest BCUT2D eigenvalue weighted by atomic mass is 16.3. The Morgan fingerprint density at radius 1 is 1.03 bits per heavy atom. The number of amides is 1. The van der Waals surface area contributed by atoms with Gasteiger partial charge in [0.1, 0.15) is 12.0 Å². The minimum absolute atomic E-state index is 0.0315. The molecule has 5 nitrogen and oxygen atoms in total. The Hall–Kier alpha value is -1.72. The van der Waals surface area contributed by atoms with Crippen molar-refractivity contribution in [3.63, 3.8) is 0 Å². The Morgan fingerprint density at radius 3 is 2.45 bits per heavy atom. The number of hydrogen-bond acceptors (Lipinski definition) is 4. The second-order valence-corrected chi connectivity index (χ2v) is 9.40. The van der Waals surface area contributed by atoms with E-state index < -0.39 is 18.1 Å². The largest absolute Gasteiger partial charge is 0.391 e. The summed E-state index contributed by atoms with van der Waals surface area (Å²) in [5, 5.41) is 12.2. The van der Waals surface area contributed by atoms with E-state index in [1.807, 2.05) is 30.3 Å². The van der Waals surface area contributed by atoms with E-state index in [2.05, 4.69) is 12.3 Å². The number of Topliss-reactive ketones (excluding diaryl/α,β-unsaturated/α-hetero) is 1. The SMILES string of the molecule is CCCCCCCC1C(=O)C(Cc2ccccc2)C(=O)N1NCC(O)C1CCCCC1. The number of aliphatic hydroxyl groups excluding tert-OH is 1. The standard InChI is InChI=1S/C26H40N2O3/c1-2-3-4-5-12-17-23-25(30)22(18-20-13-8-6-9-14-20)26(31)28(23)27-19-24(29)21-15-10-7-11-16-21/h6,8-9,13-14,21-24,27,29H,2-5,7,10-12,15-19H2,1H3. The quantitative estimate of drug-likeness (QED) is 0.382. The second kappa shape index (κ2) is 12.4. The van der Waals surface area contributed by atoms with Crippen molar-refractivity contribution in [2.75, 3.05) is 6.54 Å². The van der Waals surface area contributed by atoms with E-state index in [1.165, 1.54) is 38.5 Å². The highest BCUT2D eigenvalue weighted by molar-refractivity contribution is 6.10. The average molecular weight is 429 g/mol. The third kappa shape index (κ3) is 6.63. The van der Waals surface area contributed by atoms with E-state index in [-0.39, 0.29) is 11.7 Å². The summed E-state index contributed by atoms with van der Waals surface area (Å²) in [5.74, 6) is -0.433. The predicted octanol–water partition coefficient (Wildman–Crippen LogP) is 4.43. The van der Waals surface area contributed by atoms with E-state index in [1.54, 1.807) is 5.01 Å². The van der Waals surface area contributed by atoms with Gasteiger partial charge in [0.25, 0.3) is 0 Å². The summed E-state index contributed by atoms with van der Waals surface area (Å²) in [5.41, 5.74) is 4.20. The van der Waals surface area contributed by atoms with Crippen LogP contribution in [0.1, 0.15) is 83.1 Å². The van der Waals surface area contributed by atoms with Crippen molar-refractivity contribution in [1.82, 2.24) is 10.4 Å². The van der Waals surface area contributed by atoms with Gasteiger partial charge in [-0.1, -0.05) is 88.6 Å². The number of unbranched alkanes of at least 4 members (excludes halogenated alkanes) is 4. The number of nitrogens with zero attached hydrogens (tertiary/aromatic N) is 1. The van der Waals surface area contributed by atoms with E-state index in [0.717, 1.165) is 31.2 Å². The normalized spacial score (nSPS) is 23.5. The average Bonchev–Trinajstić information content (AvgIpc) is 3.02. The highest BCUT2D eigenvalue weighted by Gasteiger charge is 2.46. The van der Waals surface area contributed by atoms with Gasteiger partial charge in [0.05, 0.1) is 6.10 Å². The lowest BCUT2D eigenvalue weighted by atomic mass is 9.85. The molecule has 2 N–H and O–H groups in total. The molecule has 0 aromatic heterocycles. The molecule has 2 aliphatic rings. The summed E-state index contributed by atoms with van der Waals surface area (Å²) in [6.07, 6.45) is 12.0. The van der Waals surface area contributed by atoms with Crippen LogP contribution in [0.5, 0.6) is 0 Å². The number of hydrazine groups is 1. The highest BCUT2D eigenvalue weighted by Crippen LogP contribution is 2.29. The maximum Gasteiger partial charge on any atom is 0.248 e. The van der Waals surface area contributed by atoms with Gasteiger partial charge in [-0.3, -0.25) is 14.6 Å². The molecule has 31 heavy (non-hydrogen) atoms. The van der Waals surface area contributed by atoms with E-state index in [0.29, 0.717) is 25.3 Å². The fourth-order valence-corrected chi connectivity index (χ4v) is 5.12. The second-order valence-electron chi connectivity index (χ2n) is 9.40. The number of nitrogens with one attached hydrogen (secondary N) is 1. The fraction of sp³-hybridized carbons (Fsp3) is 0.692. The first-order valence-corrected chi connectivity index (χ1v) is 12.4. The van der Waals surface area contributed by atoms with Crippen molar-refractivity contribution >= 4 is 11.7 Å². The van der Waals surface area contributed by atoms with E-state index in [9.17, 15) is 14.7 Å².